The van der Waals surface area contributed by atoms with E-state index in [1.807, 2.05) is 0 Å². The third-order valence-electron chi connectivity index (χ3n) is 2.66. The Hall–Kier alpha value is -0.330. The molecule has 1 aliphatic rings. The SMILES string of the molecule is CC1CCC(N=CC(C)(C)C)CC1. The molecular formula is C12H23N. The quantitative estimate of drug-likeness (QED) is 0.547. The molecule has 0 N–H and O–H groups in total. The zero-order chi connectivity index (χ0) is 9.90. The van der Waals surface area contributed by atoms with Crippen LogP contribution in [0.4, 0.5) is 0 Å². The molecule has 0 amide bonds. The Kier molecular flexibility index (Phi) is 3.52. The van der Waals surface area contributed by atoms with Crippen LogP contribution in [-0.4, -0.2) is 12.3 Å². The van der Waals surface area contributed by atoms with Gasteiger partial charge in [-0.3, -0.25) is 4.99 Å². The first-order valence-electron chi connectivity index (χ1n) is 5.52. The van der Waals surface area contributed by atoms with Crippen molar-refractivity contribution in [1.29, 1.82) is 0 Å². The van der Waals surface area contributed by atoms with Crippen molar-refractivity contribution in [3.8, 4) is 0 Å². The van der Waals surface area contributed by atoms with E-state index in [4.69, 9.17) is 0 Å². The normalized spacial score (nSPS) is 31.1. The molecule has 1 saturated carbocycles. The molecule has 1 fully saturated rings. The molecule has 0 spiro atoms. The van der Waals surface area contributed by atoms with Gasteiger partial charge in [0.25, 0.3) is 0 Å². The second-order valence-electron chi connectivity index (χ2n) is 5.56. The predicted molar refractivity (Wildman–Crippen MR) is 59.4 cm³/mol. The summed E-state index contributed by atoms with van der Waals surface area (Å²) in [4.78, 5) is 4.66. The molecule has 1 nitrogen and oxygen atoms in total. The maximum Gasteiger partial charge on any atom is 0.0496 e. The molecule has 0 aromatic rings. The van der Waals surface area contributed by atoms with Crippen LogP contribution >= 0.6 is 0 Å². The van der Waals surface area contributed by atoms with Gasteiger partial charge in [0, 0.05) is 12.3 Å². The summed E-state index contributed by atoms with van der Waals surface area (Å²) in [7, 11) is 0. The Balaban J connectivity index is 2.34. The molecule has 1 heteroatoms. The molecule has 0 aromatic heterocycles. The van der Waals surface area contributed by atoms with E-state index < -0.39 is 0 Å². The van der Waals surface area contributed by atoms with Gasteiger partial charge in [-0.05, 0) is 37.0 Å². The van der Waals surface area contributed by atoms with Crippen LogP contribution in [0.2, 0.25) is 0 Å². The fourth-order valence-electron chi connectivity index (χ4n) is 1.72. The minimum atomic E-state index is 0.253. The lowest BCUT2D eigenvalue weighted by Gasteiger charge is -2.24. The van der Waals surface area contributed by atoms with E-state index in [9.17, 15) is 0 Å². The van der Waals surface area contributed by atoms with Crippen LogP contribution < -0.4 is 0 Å². The van der Waals surface area contributed by atoms with Gasteiger partial charge in [0.05, 0.1) is 0 Å². The van der Waals surface area contributed by atoms with Crippen molar-refractivity contribution in [3.05, 3.63) is 0 Å². The summed E-state index contributed by atoms with van der Waals surface area (Å²) in [6.07, 6.45) is 7.47. The van der Waals surface area contributed by atoms with Gasteiger partial charge in [-0.25, -0.2) is 0 Å². The standard InChI is InChI=1S/C12H23N/c1-10-5-7-11(8-6-10)13-9-12(2,3)4/h9-11H,5-8H2,1-4H3. The van der Waals surface area contributed by atoms with E-state index >= 15 is 0 Å². The average molecular weight is 181 g/mol. The van der Waals surface area contributed by atoms with Crippen molar-refractivity contribution < 1.29 is 0 Å². The van der Waals surface area contributed by atoms with Gasteiger partial charge in [0.1, 0.15) is 0 Å². The summed E-state index contributed by atoms with van der Waals surface area (Å²) in [5, 5.41) is 0. The van der Waals surface area contributed by atoms with E-state index in [0.29, 0.717) is 6.04 Å². The Morgan fingerprint density at radius 3 is 2.08 bits per heavy atom. The second-order valence-corrected chi connectivity index (χ2v) is 5.56. The van der Waals surface area contributed by atoms with Crippen LogP contribution in [0.5, 0.6) is 0 Å². The minimum Gasteiger partial charge on any atom is -0.294 e. The highest BCUT2D eigenvalue weighted by molar-refractivity contribution is 5.64. The Morgan fingerprint density at radius 1 is 1.08 bits per heavy atom. The molecule has 0 unspecified atom stereocenters. The van der Waals surface area contributed by atoms with Crippen LogP contribution in [0.25, 0.3) is 0 Å². The first kappa shape index (κ1) is 10.7. The largest absolute Gasteiger partial charge is 0.294 e. The van der Waals surface area contributed by atoms with Crippen molar-refractivity contribution in [2.75, 3.05) is 0 Å². The lowest BCUT2D eigenvalue weighted by atomic mass is 9.87. The van der Waals surface area contributed by atoms with Gasteiger partial charge in [-0.1, -0.05) is 27.7 Å². The third-order valence-corrected chi connectivity index (χ3v) is 2.66. The van der Waals surface area contributed by atoms with Crippen LogP contribution in [-0.2, 0) is 0 Å². The van der Waals surface area contributed by atoms with Crippen LogP contribution in [0.1, 0.15) is 53.4 Å². The third kappa shape index (κ3) is 4.44. The van der Waals surface area contributed by atoms with E-state index in [2.05, 4.69) is 38.9 Å². The summed E-state index contributed by atoms with van der Waals surface area (Å²) in [6, 6.07) is 0.621. The Bertz CT molecular complexity index is 168. The lowest BCUT2D eigenvalue weighted by Crippen LogP contribution is -2.17. The van der Waals surface area contributed by atoms with Crippen LogP contribution in [0, 0.1) is 11.3 Å². The molecule has 0 heterocycles. The number of rotatable bonds is 1. The molecule has 76 valence electrons. The Labute approximate surface area is 82.6 Å². The monoisotopic (exact) mass is 181 g/mol. The molecular weight excluding hydrogens is 158 g/mol. The van der Waals surface area contributed by atoms with Crippen molar-refractivity contribution in [3.63, 3.8) is 0 Å². The first-order valence-corrected chi connectivity index (χ1v) is 5.52. The van der Waals surface area contributed by atoms with Gasteiger partial charge >= 0.3 is 0 Å². The number of nitrogens with zero attached hydrogens (tertiary/aromatic N) is 1. The summed E-state index contributed by atoms with van der Waals surface area (Å²) in [6.45, 7) is 8.98. The summed E-state index contributed by atoms with van der Waals surface area (Å²) < 4.78 is 0. The van der Waals surface area contributed by atoms with Crippen molar-refractivity contribution in [2.45, 2.75) is 59.4 Å². The Morgan fingerprint density at radius 2 is 1.62 bits per heavy atom. The van der Waals surface area contributed by atoms with Crippen molar-refractivity contribution in [1.82, 2.24) is 0 Å². The van der Waals surface area contributed by atoms with Crippen LogP contribution in [0.15, 0.2) is 4.99 Å². The van der Waals surface area contributed by atoms with E-state index in [-0.39, 0.29) is 5.41 Å². The molecule has 0 saturated heterocycles. The molecule has 1 rings (SSSR count). The number of hydrogen-bond acceptors (Lipinski definition) is 1. The predicted octanol–water partition coefficient (Wildman–Crippen LogP) is 3.68. The highest BCUT2D eigenvalue weighted by Crippen LogP contribution is 2.25. The van der Waals surface area contributed by atoms with Crippen molar-refractivity contribution in [2.24, 2.45) is 16.3 Å². The highest BCUT2D eigenvalue weighted by Gasteiger charge is 2.17. The van der Waals surface area contributed by atoms with Crippen molar-refractivity contribution >= 4 is 6.21 Å². The molecule has 0 aliphatic heterocycles. The number of aliphatic imine (C=N–C) groups is 1. The average Bonchev–Trinajstić information content (AvgIpc) is 2.02. The maximum atomic E-state index is 4.66. The molecule has 0 aromatic carbocycles. The first-order chi connectivity index (χ1) is 5.97. The second kappa shape index (κ2) is 4.26. The number of hydrogen-bond donors (Lipinski definition) is 0. The topological polar surface area (TPSA) is 12.4 Å². The fourth-order valence-corrected chi connectivity index (χ4v) is 1.72. The molecule has 1 aliphatic carbocycles. The summed E-state index contributed by atoms with van der Waals surface area (Å²) in [5.74, 6) is 0.932. The van der Waals surface area contributed by atoms with Gasteiger partial charge in [0.2, 0.25) is 0 Å². The van der Waals surface area contributed by atoms with Gasteiger partial charge in [-0.15, -0.1) is 0 Å². The minimum absolute atomic E-state index is 0.253. The molecule has 13 heavy (non-hydrogen) atoms. The molecule has 0 atom stereocenters. The smallest absolute Gasteiger partial charge is 0.0496 e. The summed E-state index contributed by atoms with van der Waals surface area (Å²) in [5.41, 5.74) is 0.253. The fraction of sp³-hybridized carbons (Fsp3) is 0.917. The van der Waals surface area contributed by atoms with E-state index in [1.165, 1.54) is 25.7 Å². The molecule has 0 bridgehead atoms. The van der Waals surface area contributed by atoms with Gasteiger partial charge in [-0.2, -0.15) is 0 Å². The molecule has 0 radical (unpaired) electrons. The highest BCUT2D eigenvalue weighted by atomic mass is 14.8. The lowest BCUT2D eigenvalue weighted by molar-refractivity contribution is 0.348. The summed E-state index contributed by atoms with van der Waals surface area (Å²) >= 11 is 0. The van der Waals surface area contributed by atoms with E-state index in [1.54, 1.807) is 0 Å². The van der Waals surface area contributed by atoms with Crippen LogP contribution in [0.3, 0.4) is 0 Å². The van der Waals surface area contributed by atoms with Gasteiger partial charge < -0.3 is 0 Å². The zero-order valence-corrected chi connectivity index (χ0v) is 9.51. The van der Waals surface area contributed by atoms with E-state index in [0.717, 1.165) is 5.92 Å². The maximum absolute atomic E-state index is 4.66. The van der Waals surface area contributed by atoms with Gasteiger partial charge in [0.15, 0.2) is 0 Å². The zero-order valence-electron chi connectivity index (χ0n) is 9.51.